The van der Waals surface area contributed by atoms with Crippen molar-refractivity contribution < 1.29 is 14.7 Å². The number of aryl methyl sites for hydroxylation is 1. The van der Waals surface area contributed by atoms with Crippen molar-refractivity contribution >= 4 is 29.3 Å². The Morgan fingerprint density at radius 2 is 2.00 bits per heavy atom. The monoisotopic (exact) mass is 395 g/mol. The van der Waals surface area contributed by atoms with E-state index >= 15 is 0 Å². The van der Waals surface area contributed by atoms with E-state index in [9.17, 15) is 9.59 Å². The molecule has 0 saturated carbocycles. The maximum absolute atomic E-state index is 12.9. The van der Waals surface area contributed by atoms with Crippen LogP contribution in [0.2, 0.25) is 5.02 Å². The molecule has 27 heavy (non-hydrogen) atoms. The lowest BCUT2D eigenvalue weighted by Crippen LogP contribution is -2.38. The Morgan fingerprint density at radius 3 is 2.63 bits per heavy atom. The summed E-state index contributed by atoms with van der Waals surface area (Å²) in [5.74, 6) is -0.823. The van der Waals surface area contributed by atoms with Gasteiger partial charge in [0.15, 0.2) is 0 Å². The lowest BCUT2D eigenvalue weighted by atomic mass is 10.0. The van der Waals surface area contributed by atoms with Crippen LogP contribution in [0.1, 0.15) is 44.2 Å². The second kappa shape index (κ2) is 9.95. The zero-order valence-electron chi connectivity index (χ0n) is 16.4. The molecule has 0 radical (unpaired) electrons. The summed E-state index contributed by atoms with van der Waals surface area (Å²) in [7, 11) is 1.83. The van der Waals surface area contributed by atoms with Crippen molar-refractivity contribution in [3.8, 4) is 0 Å². The number of carboxylic acid groups (broad SMARTS) is 1. The van der Waals surface area contributed by atoms with Crippen LogP contribution in [0.5, 0.6) is 0 Å². The highest BCUT2D eigenvalue weighted by atomic mass is 35.5. The highest BCUT2D eigenvalue weighted by Crippen LogP contribution is 2.30. The maximum Gasteiger partial charge on any atom is 0.321 e. The number of rotatable bonds is 6. The van der Waals surface area contributed by atoms with Gasteiger partial charge in [-0.2, -0.15) is 0 Å². The molecule has 1 atom stereocenters. The molecule has 2 N–H and O–H groups in total. The summed E-state index contributed by atoms with van der Waals surface area (Å²) >= 11 is 6.33. The molecule has 0 aliphatic carbocycles. The Bertz CT molecular complexity index is 681. The molecular weight excluding hydrogens is 366 g/mol. The molecule has 6 nitrogen and oxygen atoms in total. The SMILES string of the molecule is CCc1ccc(Cl)c(CC)c1NC(=O)N1CCCC(N(C)CC(=O)O)CC1. The van der Waals surface area contributed by atoms with Crippen LogP contribution in [0.15, 0.2) is 12.1 Å². The lowest BCUT2D eigenvalue weighted by molar-refractivity contribution is -0.138. The predicted octanol–water partition coefficient (Wildman–Crippen LogP) is 3.87. The van der Waals surface area contributed by atoms with Gasteiger partial charge >= 0.3 is 12.0 Å². The van der Waals surface area contributed by atoms with Crippen molar-refractivity contribution in [3.05, 3.63) is 28.3 Å². The minimum absolute atomic E-state index is 0.0269. The number of halogens is 1. The van der Waals surface area contributed by atoms with Gasteiger partial charge in [0.2, 0.25) is 0 Å². The number of urea groups is 1. The first-order valence-corrected chi connectivity index (χ1v) is 10.0. The second-order valence-electron chi connectivity index (χ2n) is 7.08. The number of likely N-dealkylation sites (N-methyl/N-ethyl adjacent to an activating group) is 1. The maximum atomic E-state index is 12.9. The number of hydrogen-bond donors (Lipinski definition) is 2. The van der Waals surface area contributed by atoms with Crippen molar-refractivity contribution in [2.45, 2.75) is 52.0 Å². The van der Waals surface area contributed by atoms with Crippen LogP contribution >= 0.6 is 11.6 Å². The van der Waals surface area contributed by atoms with Crippen LogP contribution in [-0.4, -0.2) is 59.6 Å². The number of carbonyl (C=O) groups excluding carboxylic acids is 1. The highest BCUT2D eigenvalue weighted by Gasteiger charge is 2.25. The number of nitrogens with one attached hydrogen (secondary N) is 1. The third-order valence-electron chi connectivity index (χ3n) is 5.30. The molecule has 2 rings (SSSR count). The zero-order chi connectivity index (χ0) is 20.0. The Kier molecular flexibility index (Phi) is 7.92. The molecule has 2 amide bonds. The fourth-order valence-electron chi connectivity index (χ4n) is 3.72. The normalized spacial score (nSPS) is 17.7. The predicted molar refractivity (Wildman–Crippen MR) is 109 cm³/mol. The summed E-state index contributed by atoms with van der Waals surface area (Å²) in [5.41, 5.74) is 2.89. The van der Waals surface area contributed by atoms with E-state index in [1.165, 1.54) is 0 Å². The zero-order valence-corrected chi connectivity index (χ0v) is 17.2. The lowest BCUT2D eigenvalue weighted by Gasteiger charge is -2.26. The van der Waals surface area contributed by atoms with E-state index in [0.29, 0.717) is 18.1 Å². The second-order valence-corrected chi connectivity index (χ2v) is 7.49. The van der Waals surface area contributed by atoms with E-state index in [-0.39, 0.29) is 18.6 Å². The first-order valence-electron chi connectivity index (χ1n) is 9.65. The quantitative estimate of drug-likeness (QED) is 0.766. The van der Waals surface area contributed by atoms with Crippen molar-refractivity contribution in [1.82, 2.24) is 9.80 Å². The highest BCUT2D eigenvalue weighted by molar-refractivity contribution is 6.32. The molecule has 0 aromatic heterocycles. The molecule has 0 spiro atoms. The fraction of sp³-hybridized carbons (Fsp3) is 0.600. The molecule has 1 aliphatic heterocycles. The molecule has 0 bridgehead atoms. The summed E-state index contributed by atoms with van der Waals surface area (Å²) in [6.45, 7) is 5.41. The average molecular weight is 396 g/mol. The molecule has 1 saturated heterocycles. The van der Waals surface area contributed by atoms with Gasteiger partial charge in [-0.3, -0.25) is 9.69 Å². The first kappa shape index (κ1) is 21.5. The number of carboxylic acids is 1. The molecule has 1 unspecified atom stereocenters. The molecular formula is C20H30ClN3O3. The van der Waals surface area contributed by atoms with Gasteiger partial charge in [0.05, 0.1) is 12.2 Å². The topological polar surface area (TPSA) is 72.9 Å². The van der Waals surface area contributed by atoms with Crippen LogP contribution in [-0.2, 0) is 17.6 Å². The van der Waals surface area contributed by atoms with Gasteiger partial charge < -0.3 is 15.3 Å². The number of aliphatic carboxylic acids is 1. The van der Waals surface area contributed by atoms with E-state index in [4.69, 9.17) is 16.7 Å². The first-order chi connectivity index (χ1) is 12.9. The Morgan fingerprint density at radius 1 is 1.26 bits per heavy atom. The van der Waals surface area contributed by atoms with Gasteiger partial charge in [0.1, 0.15) is 0 Å². The number of anilines is 1. The van der Waals surface area contributed by atoms with Gasteiger partial charge in [-0.25, -0.2) is 4.79 Å². The van der Waals surface area contributed by atoms with Crippen LogP contribution < -0.4 is 5.32 Å². The average Bonchev–Trinajstić information content (AvgIpc) is 2.88. The molecule has 1 aromatic carbocycles. The third-order valence-corrected chi connectivity index (χ3v) is 5.66. The summed E-state index contributed by atoms with van der Waals surface area (Å²) in [6, 6.07) is 3.94. The molecule has 7 heteroatoms. The minimum atomic E-state index is -0.823. The summed E-state index contributed by atoms with van der Waals surface area (Å²) in [4.78, 5) is 27.5. The molecule has 150 valence electrons. The van der Waals surface area contributed by atoms with Gasteiger partial charge in [-0.05, 0) is 56.3 Å². The summed E-state index contributed by atoms with van der Waals surface area (Å²) in [6.07, 6.45) is 4.10. The van der Waals surface area contributed by atoms with E-state index in [0.717, 1.165) is 48.9 Å². The van der Waals surface area contributed by atoms with Crippen molar-refractivity contribution in [2.75, 3.05) is 32.0 Å². The number of benzene rings is 1. The Hall–Kier alpha value is -1.79. The number of carbonyl (C=O) groups is 2. The standard InChI is InChI=1S/C20H30ClN3O3/c1-4-14-8-9-17(21)16(5-2)19(14)22-20(27)24-11-6-7-15(10-12-24)23(3)13-18(25)26/h8-9,15H,4-7,10-13H2,1-3H3,(H,22,27)(H,25,26). The smallest absolute Gasteiger partial charge is 0.321 e. The summed E-state index contributed by atoms with van der Waals surface area (Å²) in [5, 5.41) is 12.8. The Balaban J connectivity index is 2.07. The van der Waals surface area contributed by atoms with E-state index in [1.807, 2.05) is 35.9 Å². The van der Waals surface area contributed by atoms with Crippen LogP contribution in [0.25, 0.3) is 0 Å². The molecule has 1 aromatic rings. The van der Waals surface area contributed by atoms with Gasteiger partial charge in [0.25, 0.3) is 0 Å². The number of hydrogen-bond acceptors (Lipinski definition) is 3. The van der Waals surface area contributed by atoms with Crippen molar-refractivity contribution in [1.29, 1.82) is 0 Å². The number of amides is 2. The Labute approximate surface area is 166 Å². The molecule has 1 heterocycles. The van der Waals surface area contributed by atoms with Crippen molar-refractivity contribution in [3.63, 3.8) is 0 Å². The van der Waals surface area contributed by atoms with Crippen LogP contribution in [0.4, 0.5) is 10.5 Å². The summed E-state index contributed by atoms with van der Waals surface area (Å²) < 4.78 is 0. The molecule has 1 fully saturated rings. The molecule has 1 aliphatic rings. The van der Waals surface area contributed by atoms with E-state index in [2.05, 4.69) is 12.2 Å². The number of nitrogens with zero attached hydrogens (tertiary/aromatic N) is 2. The van der Waals surface area contributed by atoms with Gasteiger partial charge in [-0.1, -0.05) is 31.5 Å². The fourth-order valence-corrected chi connectivity index (χ4v) is 4.01. The van der Waals surface area contributed by atoms with Crippen LogP contribution in [0.3, 0.4) is 0 Å². The van der Waals surface area contributed by atoms with Crippen molar-refractivity contribution in [2.24, 2.45) is 0 Å². The third kappa shape index (κ3) is 5.59. The van der Waals surface area contributed by atoms with Gasteiger partial charge in [0, 0.05) is 24.2 Å². The van der Waals surface area contributed by atoms with Crippen LogP contribution in [0, 0.1) is 0 Å². The van der Waals surface area contributed by atoms with Gasteiger partial charge in [-0.15, -0.1) is 0 Å². The van der Waals surface area contributed by atoms with E-state index < -0.39 is 5.97 Å². The number of likely N-dealkylation sites (tertiary alicyclic amines) is 1. The largest absolute Gasteiger partial charge is 0.480 e. The minimum Gasteiger partial charge on any atom is -0.480 e. The van der Waals surface area contributed by atoms with E-state index in [1.54, 1.807) is 0 Å².